The monoisotopic (exact) mass is 340 g/mol. The maximum absolute atomic E-state index is 5.96. The van der Waals surface area contributed by atoms with E-state index < -0.39 is 0 Å². The number of benzene rings is 1. The second-order valence-corrected chi connectivity index (χ2v) is 6.65. The van der Waals surface area contributed by atoms with Crippen molar-refractivity contribution in [3.63, 3.8) is 0 Å². The number of rotatable bonds is 5. The third-order valence-corrected chi connectivity index (χ3v) is 5.01. The molecule has 4 heteroatoms. The maximum Gasteiger partial charge on any atom is 0.0847 e. The fraction of sp³-hybridized carbons (Fsp3) is 0.625. The van der Waals surface area contributed by atoms with Crippen LogP contribution in [0.5, 0.6) is 0 Å². The van der Waals surface area contributed by atoms with Gasteiger partial charge in [0, 0.05) is 11.6 Å². The predicted molar refractivity (Wildman–Crippen MR) is 86.4 cm³/mol. The second-order valence-electron chi connectivity index (χ2n) is 5.74. The minimum atomic E-state index is -0.131. The fourth-order valence-electron chi connectivity index (χ4n) is 3.32. The first-order valence-electron chi connectivity index (χ1n) is 7.46. The lowest BCUT2D eigenvalue weighted by Crippen LogP contribution is -2.55. The number of methoxy groups -OCH3 is 1. The summed E-state index contributed by atoms with van der Waals surface area (Å²) < 4.78 is 7.07. The number of hydrogen-bond donors (Lipinski definition) is 2. The summed E-state index contributed by atoms with van der Waals surface area (Å²) in [6.45, 7) is 0. The molecule has 3 N–H and O–H groups in total. The van der Waals surface area contributed by atoms with Crippen molar-refractivity contribution in [3.8, 4) is 0 Å². The Bertz CT molecular complexity index is 417. The maximum atomic E-state index is 5.96. The molecule has 1 aromatic carbocycles. The molecule has 1 unspecified atom stereocenters. The Hall–Kier alpha value is -0.420. The van der Waals surface area contributed by atoms with Crippen LogP contribution in [0.1, 0.15) is 44.1 Å². The Kier molecular flexibility index (Phi) is 6.02. The van der Waals surface area contributed by atoms with Crippen molar-refractivity contribution in [1.82, 2.24) is 5.43 Å². The van der Waals surface area contributed by atoms with Crippen LogP contribution in [-0.2, 0) is 11.2 Å². The van der Waals surface area contributed by atoms with Gasteiger partial charge in [-0.2, -0.15) is 0 Å². The van der Waals surface area contributed by atoms with E-state index in [-0.39, 0.29) is 11.6 Å². The van der Waals surface area contributed by atoms with Crippen LogP contribution in [0.25, 0.3) is 0 Å². The van der Waals surface area contributed by atoms with E-state index in [1.165, 1.54) is 31.2 Å². The van der Waals surface area contributed by atoms with Crippen LogP contribution in [0.2, 0.25) is 0 Å². The van der Waals surface area contributed by atoms with Gasteiger partial charge in [-0.25, -0.2) is 0 Å². The number of halogens is 1. The molecule has 1 aliphatic carbocycles. The lowest BCUT2D eigenvalue weighted by molar-refractivity contribution is -0.0527. The summed E-state index contributed by atoms with van der Waals surface area (Å²) in [6, 6.07) is 8.57. The van der Waals surface area contributed by atoms with Crippen molar-refractivity contribution >= 4 is 15.9 Å². The van der Waals surface area contributed by atoms with Crippen LogP contribution in [-0.4, -0.2) is 18.8 Å². The zero-order valence-corrected chi connectivity index (χ0v) is 13.8. The molecule has 0 saturated heterocycles. The third kappa shape index (κ3) is 3.82. The molecule has 3 nitrogen and oxygen atoms in total. The van der Waals surface area contributed by atoms with Crippen molar-refractivity contribution < 1.29 is 4.74 Å². The number of hydrazine groups is 1. The molecule has 0 aromatic heterocycles. The second kappa shape index (κ2) is 7.55. The van der Waals surface area contributed by atoms with Gasteiger partial charge in [-0.1, -0.05) is 53.7 Å². The van der Waals surface area contributed by atoms with E-state index in [1.54, 1.807) is 0 Å². The number of nitrogens with one attached hydrogen (secondary N) is 1. The summed E-state index contributed by atoms with van der Waals surface area (Å²) in [5.41, 5.74) is 4.17. The summed E-state index contributed by atoms with van der Waals surface area (Å²) >= 11 is 3.53. The fourth-order valence-corrected chi connectivity index (χ4v) is 3.76. The minimum absolute atomic E-state index is 0.131. The molecule has 0 heterocycles. The average Bonchev–Trinajstić information content (AvgIpc) is 2.71. The van der Waals surface area contributed by atoms with Crippen LogP contribution in [0.15, 0.2) is 28.7 Å². The first-order valence-corrected chi connectivity index (χ1v) is 8.25. The highest BCUT2D eigenvalue weighted by molar-refractivity contribution is 9.10. The van der Waals surface area contributed by atoms with Gasteiger partial charge in [0.2, 0.25) is 0 Å². The Morgan fingerprint density at radius 1 is 1.30 bits per heavy atom. The highest BCUT2D eigenvalue weighted by Gasteiger charge is 2.38. The average molecular weight is 341 g/mol. The molecule has 0 aliphatic heterocycles. The first kappa shape index (κ1) is 16.0. The van der Waals surface area contributed by atoms with Crippen molar-refractivity contribution in [2.24, 2.45) is 5.84 Å². The van der Waals surface area contributed by atoms with E-state index in [4.69, 9.17) is 10.6 Å². The summed E-state index contributed by atoms with van der Waals surface area (Å²) in [6.07, 6.45) is 8.14. The zero-order valence-electron chi connectivity index (χ0n) is 12.2. The van der Waals surface area contributed by atoms with E-state index in [2.05, 4.69) is 39.6 Å². The van der Waals surface area contributed by atoms with Crippen molar-refractivity contribution in [1.29, 1.82) is 0 Å². The number of hydrogen-bond acceptors (Lipinski definition) is 3. The summed E-state index contributed by atoms with van der Waals surface area (Å²) in [4.78, 5) is 0. The lowest BCUT2D eigenvalue weighted by Gasteiger charge is -2.39. The summed E-state index contributed by atoms with van der Waals surface area (Å²) in [7, 11) is 1.83. The molecule has 2 rings (SSSR count). The standard InChI is InChI=1S/C16H25BrN2O/c1-20-16(9-4-2-3-5-10-16)15(19-18)12-13-7-6-8-14(17)11-13/h6-8,11,15,19H,2-5,9-10,12,18H2,1H3. The zero-order chi connectivity index (χ0) is 14.4. The molecule has 1 saturated carbocycles. The molecule has 1 atom stereocenters. The molecular weight excluding hydrogens is 316 g/mol. The van der Waals surface area contributed by atoms with Gasteiger partial charge in [-0.05, 0) is 37.0 Å². The van der Waals surface area contributed by atoms with Gasteiger partial charge in [-0.15, -0.1) is 0 Å². The minimum Gasteiger partial charge on any atom is -0.377 e. The van der Waals surface area contributed by atoms with Crippen LogP contribution in [0.3, 0.4) is 0 Å². The third-order valence-electron chi connectivity index (χ3n) is 4.52. The highest BCUT2D eigenvalue weighted by Crippen LogP contribution is 2.34. The predicted octanol–water partition coefficient (Wildman–Crippen LogP) is 3.56. The van der Waals surface area contributed by atoms with Crippen LogP contribution >= 0.6 is 15.9 Å². The van der Waals surface area contributed by atoms with Gasteiger partial charge in [-0.3, -0.25) is 11.3 Å². The van der Waals surface area contributed by atoms with E-state index >= 15 is 0 Å². The van der Waals surface area contributed by atoms with Crippen molar-refractivity contribution in [2.75, 3.05) is 7.11 Å². The Morgan fingerprint density at radius 2 is 2.00 bits per heavy atom. The van der Waals surface area contributed by atoms with Gasteiger partial charge in [0.25, 0.3) is 0 Å². The quantitative estimate of drug-likeness (QED) is 0.489. The van der Waals surface area contributed by atoms with E-state index in [0.29, 0.717) is 0 Å². The molecule has 0 bridgehead atoms. The molecule has 20 heavy (non-hydrogen) atoms. The summed E-state index contributed by atoms with van der Waals surface area (Å²) in [5, 5.41) is 0. The van der Waals surface area contributed by atoms with Crippen molar-refractivity contribution in [2.45, 2.75) is 56.6 Å². The van der Waals surface area contributed by atoms with Gasteiger partial charge in [0.15, 0.2) is 0 Å². The SMILES string of the molecule is COC1(C(Cc2cccc(Br)c2)NN)CCCCCC1. The summed E-state index contributed by atoms with van der Waals surface area (Å²) in [5.74, 6) is 5.86. The lowest BCUT2D eigenvalue weighted by atomic mass is 9.83. The van der Waals surface area contributed by atoms with E-state index in [9.17, 15) is 0 Å². The Morgan fingerprint density at radius 3 is 2.55 bits per heavy atom. The Balaban J connectivity index is 2.16. The first-order chi connectivity index (χ1) is 9.70. The van der Waals surface area contributed by atoms with E-state index in [0.717, 1.165) is 23.7 Å². The smallest absolute Gasteiger partial charge is 0.0847 e. The Labute approximate surface area is 130 Å². The van der Waals surface area contributed by atoms with Gasteiger partial charge in [0.1, 0.15) is 0 Å². The topological polar surface area (TPSA) is 47.3 Å². The molecular formula is C16H25BrN2O. The molecule has 1 fully saturated rings. The van der Waals surface area contributed by atoms with E-state index in [1.807, 2.05) is 13.2 Å². The highest BCUT2D eigenvalue weighted by atomic mass is 79.9. The molecule has 0 amide bonds. The normalized spacial score (nSPS) is 20.4. The van der Waals surface area contributed by atoms with Gasteiger partial charge < -0.3 is 4.74 Å². The van der Waals surface area contributed by atoms with Gasteiger partial charge >= 0.3 is 0 Å². The molecule has 0 radical (unpaired) electrons. The molecule has 0 spiro atoms. The molecule has 1 aliphatic rings. The largest absolute Gasteiger partial charge is 0.377 e. The number of nitrogens with two attached hydrogens (primary N) is 1. The molecule has 1 aromatic rings. The van der Waals surface area contributed by atoms with Crippen LogP contribution in [0, 0.1) is 0 Å². The van der Waals surface area contributed by atoms with Crippen LogP contribution < -0.4 is 11.3 Å². The van der Waals surface area contributed by atoms with Crippen molar-refractivity contribution in [3.05, 3.63) is 34.3 Å². The molecule has 112 valence electrons. The van der Waals surface area contributed by atoms with Crippen LogP contribution in [0.4, 0.5) is 0 Å². The number of ether oxygens (including phenoxy) is 1. The van der Waals surface area contributed by atoms with Gasteiger partial charge in [0.05, 0.1) is 11.6 Å².